The average Bonchev–Trinajstić information content (AvgIpc) is 2.94. The van der Waals surface area contributed by atoms with Gasteiger partial charge in [0.1, 0.15) is 6.04 Å². The highest BCUT2D eigenvalue weighted by Crippen LogP contribution is 2.18. The van der Waals surface area contributed by atoms with Crippen molar-refractivity contribution < 1.29 is 9.72 Å². The fourth-order valence-electron chi connectivity index (χ4n) is 2.39. The molecular weight excluding hydrogens is 326 g/mol. The first-order valence-corrected chi connectivity index (χ1v) is 7.46. The number of aromatic nitrogens is 2. The van der Waals surface area contributed by atoms with Gasteiger partial charge in [-0.3, -0.25) is 14.9 Å². The Kier molecular flexibility index (Phi) is 4.21. The maximum Gasteiger partial charge on any atom is 0.323 e. The number of hydrogen-bond acceptors (Lipinski definition) is 5. The van der Waals surface area contributed by atoms with Gasteiger partial charge in [0.2, 0.25) is 5.91 Å². The van der Waals surface area contributed by atoms with Gasteiger partial charge in [-0.15, -0.1) is 0 Å². The predicted octanol–water partition coefficient (Wildman–Crippen LogP) is 2.20. The van der Waals surface area contributed by atoms with Crippen LogP contribution in [0.3, 0.4) is 0 Å². The van der Waals surface area contributed by atoms with Crippen LogP contribution in [0.1, 0.15) is 6.92 Å². The second-order valence-electron chi connectivity index (χ2n) is 5.50. The molecule has 1 aromatic heterocycles. The Labute approximate surface area is 141 Å². The Morgan fingerprint density at radius 2 is 1.88 bits per heavy atom. The number of carbonyl (C=O) groups is 1. The number of hydrogen-bond donors (Lipinski definition) is 4. The molecule has 9 heteroatoms. The molecule has 1 unspecified atom stereocenters. The van der Waals surface area contributed by atoms with Crippen LogP contribution >= 0.6 is 0 Å². The van der Waals surface area contributed by atoms with Crippen molar-refractivity contribution in [3.63, 3.8) is 0 Å². The van der Waals surface area contributed by atoms with Crippen LogP contribution < -0.4 is 16.3 Å². The summed E-state index contributed by atoms with van der Waals surface area (Å²) in [7, 11) is 0. The van der Waals surface area contributed by atoms with E-state index in [1.807, 2.05) is 0 Å². The monoisotopic (exact) mass is 341 g/mol. The summed E-state index contributed by atoms with van der Waals surface area (Å²) in [6, 6.07) is 10.3. The molecule has 0 aliphatic carbocycles. The maximum atomic E-state index is 12.3. The lowest BCUT2D eigenvalue weighted by Gasteiger charge is -2.15. The summed E-state index contributed by atoms with van der Waals surface area (Å²) in [6.07, 6.45) is 0. The van der Waals surface area contributed by atoms with E-state index in [-0.39, 0.29) is 17.3 Å². The molecule has 128 valence electrons. The van der Waals surface area contributed by atoms with Gasteiger partial charge < -0.3 is 20.6 Å². The number of rotatable bonds is 5. The summed E-state index contributed by atoms with van der Waals surface area (Å²) >= 11 is 0. The first kappa shape index (κ1) is 16.2. The number of non-ortho nitro benzene ring substituents is 1. The normalized spacial score (nSPS) is 11.9. The summed E-state index contributed by atoms with van der Waals surface area (Å²) in [6.45, 7) is 1.66. The highest BCUT2D eigenvalue weighted by molar-refractivity contribution is 5.96. The van der Waals surface area contributed by atoms with Crippen molar-refractivity contribution in [1.82, 2.24) is 9.97 Å². The largest absolute Gasteiger partial charge is 0.374 e. The fourth-order valence-corrected chi connectivity index (χ4v) is 2.39. The summed E-state index contributed by atoms with van der Waals surface area (Å²) in [5.41, 5.74) is 1.90. The molecule has 0 fully saturated rings. The molecule has 25 heavy (non-hydrogen) atoms. The van der Waals surface area contributed by atoms with Gasteiger partial charge >= 0.3 is 5.69 Å². The topological polar surface area (TPSA) is 133 Å². The number of nitro groups is 1. The lowest BCUT2D eigenvalue weighted by Crippen LogP contribution is -2.31. The van der Waals surface area contributed by atoms with Crippen molar-refractivity contribution in [2.24, 2.45) is 0 Å². The zero-order valence-electron chi connectivity index (χ0n) is 13.2. The number of carbonyl (C=O) groups excluding carboxylic acids is 1. The van der Waals surface area contributed by atoms with E-state index in [0.717, 1.165) is 0 Å². The fraction of sp³-hybridized carbons (Fsp3) is 0.125. The van der Waals surface area contributed by atoms with Crippen molar-refractivity contribution in [2.45, 2.75) is 13.0 Å². The number of anilines is 2. The van der Waals surface area contributed by atoms with Crippen molar-refractivity contribution in [1.29, 1.82) is 0 Å². The highest BCUT2D eigenvalue weighted by atomic mass is 16.6. The molecule has 0 aliphatic rings. The van der Waals surface area contributed by atoms with Crippen molar-refractivity contribution in [3.8, 4) is 0 Å². The zero-order valence-corrected chi connectivity index (χ0v) is 13.2. The highest BCUT2D eigenvalue weighted by Gasteiger charge is 2.15. The van der Waals surface area contributed by atoms with Crippen LogP contribution in [0.15, 0.2) is 47.3 Å². The Morgan fingerprint density at radius 3 is 2.64 bits per heavy atom. The molecule has 0 saturated heterocycles. The number of H-pyrrole nitrogens is 2. The number of fused-ring (bicyclic) bond motifs is 1. The molecule has 3 aromatic rings. The number of imidazole rings is 1. The molecule has 2 aromatic carbocycles. The van der Waals surface area contributed by atoms with E-state index in [2.05, 4.69) is 20.6 Å². The molecule has 1 atom stereocenters. The van der Waals surface area contributed by atoms with Gasteiger partial charge in [-0.25, -0.2) is 4.79 Å². The smallest absolute Gasteiger partial charge is 0.323 e. The minimum absolute atomic E-state index is 0.0970. The van der Waals surface area contributed by atoms with Gasteiger partial charge in [0, 0.05) is 23.5 Å². The molecule has 1 amide bonds. The van der Waals surface area contributed by atoms with E-state index in [9.17, 15) is 19.7 Å². The van der Waals surface area contributed by atoms with Crippen LogP contribution in [0.4, 0.5) is 17.1 Å². The van der Waals surface area contributed by atoms with Crippen LogP contribution in [0.2, 0.25) is 0 Å². The summed E-state index contributed by atoms with van der Waals surface area (Å²) < 4.78 is 0. The third kappa shape index (κ3) is 3.66. The van der Waals surface area contributed by atoms with E-state index in [4.69, 9.17) is 0 Å². The second-order valence-corrected chi connectivity index (χ2v) is 5.50. The minimum atomic E-state index is -0.595. The summed E-state index contributed by atoms with van der Waals surface area (Å²) in [5.74, 6) is -0.344. The van der Waals surface area contributed by atoms with Gasteiger partial charge in [0.25, 0.3) is 5.69 Å². The Hall–Kier alpha value is -3.62. The maximum absolute atomic E-state index is 12.3. The number of aromatic amines is 2. The quantitative estimate of drug-likeness (QED) is 0.417. The molecule has 9 nitrogen and oxygen atoms in total. The van der Waals surface area contributed by atoms with Crippen molar-refractivity contribution in [3.05, 3.63) is 63.1 Å². The van der Waals surface area contributed by atoms with E-state index in [1.165, 1.54) is 18.2 Å². The van der Waals surface area contributed by atoms with Crippen LogP contribution in [0.5, 0.6) is 0 Å². The molecule has 3 rings (SSSR count). The molecule has 0 aliphatic heterocycles. The summed E-state index contributed by atoms with van der Waals surface area (Å²) in [5, 5.41) is 16.4. The van der Waals surface area contributed by atoms with Gasteiger partial charge in [-0.05, 0) is 31.2 Å². The minimum Gasteiger partial charge on any atom is -0.374 e. The SMILES string of the molecule is CC(Nc1ccc2[nH]c(=O)[nH]c2c1)C(=O)Nc1cccc([N+](=O)[O-])c1. The van der Waals surface area contributed by atoms with Crippen molar-refractivity contribution >= 4 is 34.0 Å². The van der Waals surface area contributed by atoms with Crippen LogP contribution in [0.25, 0.3) is 11.0 Å². The Bertz CT molecular complexity index is 1010. The van der Waals surface area contributed by atoms with Gasteiger partial charge in [-0.1, -0.05) is 6.07 Å². The predicted molar refractivity (Wildman–Crippen MR) is 93.7 cm³/mol. The number of nitro benzene ring substituents is 1. The first-order valence-electron chi connectivity index (χ1n) is 7.46. The van der Waals surface area contributed by atoms with Crippen LogP contribution in [-0.4, -0.2) is 26.8 Å². The third-order valence-corrected chi connectivity index (χ3v) is 3.62. The molecule has 0 saturated carbocycles. The van der Waals surface area contributed by atoms with Crippen molar-refractivity contribution in [2.75, 3.05) is 10.6 Å². The molecule has 4 N–H and O–H groups in total. The number of benzene rings is 2. The standard InChI is InChI=1S/C16H15N5O4/c1-9(15(22)18-10-3-2-4-12(7-10)21(24)25)17-11-5-6-13-14(8-11)20-16(23)19-13/h2-9,17H,1H3,(H,18,22)(H2,19,20,23). The number of nitrogens with one attached hydrogen (secondary N) is 4. The Morgan fingerprint density at radius 1 is 1.12 bits per heavy atom. The van der Waals surface area contributed by atoms with Gasteiger partial charge in [-0.2, -0.15) is 0 Å². The van der Waals surface area contributed by atoms with E-state index in [1.54, 1.807) is 31.2 Å². The molecular formula is C16H15N5O4. The second kappa shape index (κ2) is 6.48. The van der Waals surface area contributed by atoms with E-state index in [0.29, 0.717) is 22.4 Å². The van der Waals surface area contributed by atoms with Gasteiger partial charge in [0.05, 0.1) is 16.0 Å². The lowest BCUT2D eigenvalue weighted by atomic mass is 10.2. The zero-order chi connectivity index (χ0) is 18.0. The first-order chi connectivity index (χ1) is 11.9. The summed E-state index contributed by atoms with van der Waals surface area (Å²) in [4.78, 5) is 39.1. The average molecular weight is 341 g/mol. The Balaban J connectivity index is 1.70. The number of nitrogens with zero attached hydrogens (tertiary/aromatic N) is 1. The molecule has 0 radical (unpaired) electrons. The van der Waals surface area contributed by atoms with Crippen LogP contribution in [0, 0.1) is 10.1 Å². The van der Waals surface area contributed by atoms with E-state index >= 15 is 0 Å². The molecule has 0 spiro atoms. The number of amides is 1. The van der Waals surface area contributed by atoms with E-state index < -0.39 is 11.0 Å². The molecule has 1 heterocycles. The third-order valence-electron chi connectivity index (χ3n) is 3.62. The van der Waals surface area contributed by atoms with Gasteiger partial charge in [0.15, 0.2) is 0 Å². The molecule has 0 bridgehead atoms. The van der Waals surface area contributed by atoms with Crippen LogP contribution in [-0.2, 0) is 4.79 Å². The lowest BCUT2D eigenvalue weighted by molar-refractivity contribution is -0.384.